The van der Waals surface area contributed by atoms with Gasteiger partial charge in [0.25, 0.3) is 5.91 Å². The highest BCUT2D eigenvalue weighted by molar-refractivity contribution is 5.94. The van der Waals surface area contributed by atoms with Crippen LogP contribution in [0.3, 0.4) is 0 Å². The van der Waals surface area contributed by atoms with Gasteiger partial charge in [-0.3, -0.25) is 14.7 Å². The molecule has 5 heteroatoms. The molecule has 1 amide bonds. The second-order valence-electron chi connectivity index (χ2n) is 8.02. The average molecular weight is 401 g/mol. The maximum atomic E-state index is 13.5. The number of carbonyl (C=O) groups is 1. The van der Waals surface area contributed by atoms with Gasteiger partial charge in [-0.05, 0) is 41.2 Å². The Bertz CT molecular complexity index is 1030. The summed E-state index contributed by atoms with van der Waals surface area (Å²) in [5, 5.41) is 0. The van der Waals surface area contributed by atoms with Gasteiger partial charge in [-0.2, -0.15) is 0 Å². The molecule has 3 aromatic rings. The van der Waals surface area contributed by atoms with Crippen molar-refractivity contribution in [2.45, 2.75) is 18.9 Å². The van der Waals surface area contributed by atoms with E-state index in [0.717, 1.165) is 32.1 Å². The van der Waals surface area contributed by atoms with Gasteiger partial charge in [-0.1, -0.05) is 48.5 Å². The lowest BCUT2D eigenvalue weighted by atomic mass is 9.92. The van der Waals surface area contributed by atoms with Gasteiger partial charge in [-0.25, -0.2) is 4.39 Å². The van der Waals surface area contributed by atoms with Gasteiger partial charge in [0, 0.05) is 32.4 Å². The van der Waals surface area contributed by atoms with E-state index in [1.54, 1.807) is 0 Å². The van der Waals surface area contributed by atoms with Crippen molar-refractivity contribution in [3.05, 3.63) is 101 Å². The summed E-state index contributed by atoms with van der Waals surface area (Å²) in [4.78, 5) is 20.9. The third kappa shape index (κ3) is 3.50. The molecule has 2 aliphatic rings. The van der Waals surface area contributed by atoms with E-state index in [2.05, 4.69) is 58.4 Å². The Kier molecular flexibility index (Phi) is 5.05. The van der Waals surface area contributed by atoms with Crippen LogP contribution < -0.4 is 0 Å². The van der Waals surface area contributed by atoms with E-state index in [1.165, 1.54) is 34.5 Å². The van der Waals surface area contributed by atoms with E-state index in [0.29, 0.717) is 18.7 Å². The Morgan fingerprint density at radius 1 is 0.867 bits per heavy atom. The van der Waals surface area contributed by atoms with Crippen molar-refractivity contribution in [3.8, 4) is 0 Å². The molecule has 30 heavy (non-hydrogen) atoms. The Hall–Kier alpha value is -3.05. The third-order valence-corrected chi connectivity index (χ3v) is 6.28. The summed E-state index contributed by atoms with van der Waals surface area (Å²) in [6.07, 6.45) is 4.66. The molecule has 1 fully saturated rings. The number of aromatic nitrogens is 1. The minimum atomic E-state index is -0.480. The van der Waals surface area contributed by atoms with Crippen LogP contribution in [0.4, 0.5) is 4.39 Å². The summed E-state index contributed by atoms with van der Waals surface area (Å²) in [6.45, 7) is 2.80. The lowest BCUT2D eigenvalue weighted by Crippen LogP contribution is -2.50. The molecule has 1 aliphatic heterocycles. The van der Waals surface area contributed by atoms with Crippen LogP contribution >= 0.6 is 0 Å². The lowest BCUT2D eigenvalue weighted by molar-refractivity contribution is 0.0596. The fourth-order valence-corrected chi connectivity index (χ4v) is 4.78. The fraction of sp³-hybridized carbons (Fsp3) is 0.280. The standard InChI is InChI=1S/C25H24FN3O/c26-21-15-20(16-27-17-21)25(30)29-13-11-28(12-14-29)24-22-7-3-1-5-18(22)9-10-19-6-2-4-8-23(19)24/h1-8,15-17,24H,9-14H2. The predicted molar refractivity (Wildman–Crippen MR) is 114 cm³/mol. The van der Waals surface area contributed by atoms with Gasteiger partial charge in [0.15, 0.2) is 0 Å². The topological polar surface area (TPSA) is 36.4 Å². The highest BCUT2D eigenvalue weighted by Crippen LogP contribution is 2.37. The molecule has 0 atom stereocenters. The van der Waals surface area contributed by atoms with E-state index in [9.17, 15) is 9.18 Å². The van der Waals surface area contributed by atoms with Gasteiger partial charge in [-0.15, -0.1) is 0 Å². The number of benzene rings is 2. The number of carbonyl (C=O) groups excluding carboxylic acids is 1. The normalized spacial score (nSPS) is 17.2. The number of amides is 1. The van der Waals surface area contributed by atoms with Crippen molar-refractivity contribution in [3.63, 3.8) is 0 Å². The summed E-state index contributed by atoms with van der Waals surface area (Å²) in [7, 11) is 0. The molecule has 4 nitrogen and oxygen atoms in total. The highest BCUT2D eigenvalue weighted by Gasteiger charge is 2.32. The second-order valence-corrected chi connectivity index (χ2v) is 8.02. The van der Waals surface area contributed by atoms with Gasteiger partial charge >= 0.3 is 0 Å². The van der Waals surface area contributed by atoms with Crippen molar-refractivity contribution in [1.29, 1.82) is 0 Å². The van der Waals surface area contributed by atoms with Crippen molar-refractivity contribution < 1.29 is 9.18 Å². The molecular weight excluding hydrogens is 377 g/mol. The largest absolute Gasteiger partial charge is 0.336 e. The smallest absolute Gasteiger partial charge is 0.255 e. The average Bonchev–Trinajstić information content (AvgIpc) is 2.96. The first-order valence-electron chi connectivity index (χ1n) is 10.5. The van der Waals surface area contributed by atoms with E-state index in [-0.39, 0.29) is 11.9 Å². The maximum absolute atomic E-state index is 13.5. The number of aryl methyl sites for hydroxylation is 2. The van der Waals surface area contributed by atoms with E-state index >= 15 is 0 Å². The van der Waals surface area contributed by atoms with Crippen LogP contribution in [0.15, 0.2) is 67.0 Å². The molecule has 0 bridgehead atoms. The Labute approximate surface area is 176 Å². The summed E-state index contributed by atoms with van der Waals surface area (Å²) in [5.41, 5.74) is 5.87. The Morgan fingerprint density at radius 2 is 1.47 bits per heavy atom. The maximum Gasteiger partial charge on any atom is 0.255 e. The van der Waals surface area contributed by atoms with Crippen molar-refractivity contribution in [2.75, 3.05) is 26.2 Å². The van der Waals surface area contributed by atoms with Crippen molar-refractivity contribution in [2.24, 2.45) is 0 Å². The molecule has 5 rings (SSSR count). The number of nitrogens with zero attached hydrogens (tertiary/aromatic N) is 3. The van der Waals surface area contributed by atoms with Gasteiger partial charge < -0.3 is 4.90 Å². The predicted octanol–water partition coefficient (Wildman–Crippen LogP) is 3.87. The summed E-state index contributed by atoms with van der Waals surface area (Å²) in [5.74, 6) is -0.630. The summed E-state index contributed by atoms with van der Waals surface area (Å²) >= 11 is 0. The molecule has 0 saturated carbocycles. The highest BCUT2D eigenvalue weighted by atomic mass is 19.1. The van der Waals surface area contributed by atoms with Gasteiger partial charge in [0.05, 0.1) is 17.8 Å². The molecule has 1 aliphatic carbocycles. The van der Waals surface area contributed by atoms with Crippen LogP contribution in [0, 0.1) is 5.82 Å². The van der Waals surface area contributed by atoms with E-state index in [4.69, 9.17) is 0 Å². The molecular formula is C25H24FN3O. The molecule has 1 saturated heterocycles. The number of hydrogen-bond donors (Lipinski definition) is 0. The van der Waals surface area contributed by atoms with Crippen LogP contribution in [0.5, 0.6) is 0 Å². The van der Waals surface area contributed by atoms with Gasteiger partial charge in [0.2, 0.25) is 0 Å². The SMILES string of the molecule is O=C(c1cncc(F)c1)N1CCN(C2c3ccccc3CCc3ccccc32)CC1. The molecule has 2 heterocycles. The number of piperazine rings is 1. The summed E-state index contributed by atoms with van der Waals surface area (Å²) < 4.78 is 13.5. The first-order valence-corrected chi connectivity index (χ1v) is 10.5. The molecule has 0 spiro atoms. The zero-order chi connectivity index (χ0) is 20.5. The first-order chi connectivity index (χ1) is 14.7. The Balaban J connectivity index is 1.40. The molecule has 0 radical (unpaired) electrons. The third-order valence-electron chi connectivity index (χ3n) is 6.28. The van der Waals surface area contributed by atoms with Crippen molar-refractivity contribution >= 4 is 5.91 Å². The monoisotopic (exact) mass is 401 g/mol. The van der Waals surface area contributed by atoms with Gasteiger partial charge in [0.1, 0.15) is 5.82 Å². The number of pyridine rings is 1. The number of halogens is 1. The molecule has 0 N–H and O–H groups in total. The van der Waals surface area contributed by atoms with Crippen LogP contribution in [0.2, 0.25) is 0 Å². The zero-order valence-corrected chi connectivity index (χ0v) is 16.8. The van der Waals surface area contributed by atoms with Crippen molar-refractivity contribution in [1.82, 2.24) is 14.8 Å². The Morgan fingerprint density at radius 3 is 2.07 bits per heavy atom. The zero-order valence-electron chi connectivity index (χ0n) is 16.8. The fourth-order valence-electron chi connectivity index (χ4n) is 4.78. The second kappa shape index (κ2) is 8.00. The molecule has 0 unspecified atom stereocenters. The van der Waals surface area contributed by atoms with Crippen LogP contribution in [0.1, 0.15) is 38.7 Å². The van der Waals surface area contributed by atoms with E-state index < -0.39 is 5.82 Å². The number of fused-ring (bicyclic) bond motifs is 2. The lowest BCUT2D eigenvalue weighted by Gasteiger charge is -2.40. The molecule has 152 valence electrons. The molecule has 1 aromatic heterocycles. The number of rotatable bonds is 2. The molecule has 2 aromatic carbocycles. The first kappa shape index (κ1) is 18.9. The minimum Gasteiger partial charge on any atom is -0.336 e. The van der Waals surface area contributed by atoms with Crippen LogP contribution in [-0.2, 0) is 12.8 Å². The summed E-state index contributed by atoms with van der Waals surface area (Å²) in [6, 6.07) is 18.9. The van der Waals surface area contributed by atoms with Crippen LogP contribution in [0.25, 0.3) is 0 Å². The number of hydrogen-bond acceptors (Lipinski definition) is 3. The quantitative estimate of drug-likeness (QED) is 0.654. The van der Waals surface area contributed by atoms with E-state index in [1.807, 2.05) is 4.90 Å². The minimum absolute atomic E-state index is 0.150. The van der Waals surface area contributed by atoms with Crippen LogP contribution in [-0.4, -0.2) is 46.9 Å².